The highest BCUT2D eigenvalue weighted by Gasteiger charge is 2.26. The number of hydrogen-bond donors (Lipinski definition) is 2. The van der Waals surface area contributed by atoms with Gasteiger partial charge in [-0.15, -0.1) is 0 Å². The topological polar surface area (TPSA) is 75.2 Å². The Bertz CT molecular complexity index is 1110. The number of halogens is 1. The van der Waals surface area contributed by atoms with E-state index >= 15 is 0 Å². The Morgan fingerprint density at radius 2 is 2.07 bits per heavy atom. The van der Waals surface area contributed by atoms with Crippen LogP contribution in [0.5, 0.6) is 5.75 Å². The molecule has 5 nitrogen and oxygen atoms in total. The minimum absolute atomic E-state index is 0.0182. The normalized spacial score (nSPS) is 14.6. The summed E-state index contributed by atoms with van der Waals surface area (Å²) in [5.74, 6) is 0.290. The molecule has 0 spiro atoms. The van der Waals surface area contributed by atoms with E-state index in [4.69, 9.17) is 9.84 Å². The molecule has 3 aromatic rings. The number of ether oxygens (including phenoxy) is 1. The summed E-state index contributed by atoms with van der Waals surface area (Å²) < 4.78 is 19.6. The van der Waals surface area contributed by atoms with Gasteiger partial charge in [0.25, 0.3) is 0 Å². The lowest BCUT2D eigenvalue weighted by Crippen LogP contribution is -1.97. The number of hydrogen-bond acceptors (Lipinski definition) is 4. The number of fused-ring (bicyclic) bond motifs is 1. The molecule has 2 N–H and O–H groups in total. The molecule has 0 atom stereocenters. The second kappa shape index (κ2) is 7.05. The Hall–Kier alpha value is -3.25. The van der Waals surface area contributed by atoms with Crippen LogP contribution < -0.4 is 4.74 Å². The molecule has 6 heteroatoms. The molecular weight excluding hydrogens is 359 g/mol. The first-order valence-electron chi connectivity index (χ1n) is 8.88. The second-order valence-electron chi connectivity index (χ2n) is 6.84. The summed E-state index contributed by atoms with van der Waals surface area (Å²) >= 11 is 0. The highest BCUT2D eigenvalue weighted by Crippen LogP contribution is 2.33. The van der Waals surface area contributed by atoms with Crippen molar-refractivity contribution < 1.29 is 19.0 Å². The summed E-state index contributed by atoms with van der Waals surface area (Å²) in [7, 11) is 1.61. The summed E-state index contributed by atoms with van der Waals surface area (Å²) in [5, 5.41) is 16.1. The molecule has 1 heterocycles. The number of aromatic amines is 1. The fourth-order valence-electron chi connectivity index (χ4n) is 3.48. The smallest absolute Gasteiger partial charge is 0.189 e. The molecule has 1 aliphatic rings. The molecule has 0 fully saturated rings. The number of aromatic nitrogens is 2. The molecule has 4 rings (SSSR count). The van der Waals surface area contributed by atoms with E-state index in [1.807, 2.05) is 19.1 Å². The van der Waals surface area contributed by atoms with E-state index in [0.29, 0.717) is 40.1 Å². The van der Waals surface area contributed by atoms with E-state index in [1.165, 1.54) is 6.07 Å². The first-order valence-corrected chi connectivity index (χ1v) is 8.88. The number of carbonyl (C=O) groups is 1. The molecule has 0 amide bonds. The summed E-state index contributed by atoms with van der Waals surface area (Å²) in [5.41, 5.74) is 5.09. The van der Waals surface area contributed by atoms with Crippen LogP contribution in [0.3, 0.4) is 0 Å². The van der Waals surface area contributed by atoms with Crippen molar-refractivity contribution in [1.29, 1.82) is 0 Å². The Kier molecular flexibility index (Phi) is 4.57. The van der Waals surface area contributed by atoms with Gasteiger partial charge < -0.3 is 9.84 Å². The second-order valence-corrected chi connectivity index (χ2v) is 6.84. The Morgan fingerprint density at radius 1 is 1.25 bits per heavy atom. The number of nitrogens with one attached hydrogen (secondary N) is 1. The summed E-state index contributed by atoms with van der Waals surface area (Å²) in [4.78, 5) is 12.7. The quantitative estimate of drug-likeness (QED) is 0.677. The zero-order valence-corrected chi connectivity index (χ0v) is 15.5. The molecule has 0 unspecified atom stereocenters. The Balaban J connectivity index is 1.63. The molecule has 1 aromatic heterocycles. The molecular formula is C22H19FN2O3. The summed E-state index contributed by atoms with van der Waals surface area (Å²) in [6.07, 6.45) is 2.26. The molecule has 0 saturated carbocycles. The Morgan fingerprint density at radius 3 is 2.79 bits per heavy atom. The van der Waals surface area contributed by atoms with Crippen molar-refractivity contribution in [2.24, 2.45) is 0 Å². The molecule has 0 saturated heterocycles. The third-order valence-electron chi connectivity index (χ3n) is 4.96. The molecule has 28 heavy (non-hydrogen) atoms. The predicted molar refractivity (Wildman–Crippen MR) is 104 cm³/mol. The predicted octanol–water partition coefficient (Wildman–Crippen LogP) is 3.85. The highest BCUT2D eigenvalue weighted by molar-refractivity contribution is 6.15. The standard InChI is InChI=1S/C22H19FN2O3/c1-12-5-18-14(9-21(12)28-2)7-15(22(18)27)8-16-10-20(25-24-16)17-4-3-13(11-26)6-19(17)23/h3-6,8-10,26H,7,11H2,1-2H3,(H,24,25)/b15-8+. The van der Waals surface area contributed by atoms with Gasteiger partial charge in [-0.1, -0.05) is 6.07 Å². The zero-order valence-electron chi connectivity index (χ0n) is 15.5. The van der Waals surface area contributed by atoms with Gasteiger partial charge in [0.1, 0.15) is 11.6 Å². The molecule has 142 valence electrons. The molecule has 1 aliphatic carbocycles. The fourth-order valence-corrected chi connectivity index (χ4v) is 3.48. The minimum Gasteiger partial charge on any atom is -0.496 e. The van der Waals surface area contributed by atoms with Crippen molar-refractivity contribution in [2.75, 3.05) is 7.11 Å². The number of Topliss-reactive ketones (excluding diaryl/α,β-unsaturated/α-hetero) is 1. The van der Waals surface area contributed by atoms with Gasteiger partial charge in [-0.25, -0.2) is 4.39 Å². The lowest BCUT2D eigenvalue weighted by atomic mass is 10.1. The maximum Gasteiger partial charge on any atom is 0.189 e. The van der Waals surface area contributed by atoms with Gasteiger partial charge in [0.2, 0.25) is 0 Å². The van der Waals surface area contributed by atoms with Crippen molar-refractivity contribution in [1.82, 2.24) is 10.2 Å². The number of allylic oxidation sites excluding steroid dienone is 1. The average molecular weight is 378 g/mol. The van der Waals surface area contributed by atoms with Crippen molar-refractivity contribution in [3.8, 4) is 17.0 Å². The van der Waals surface area contributed by atoms with Crippen molar-refractivity contribution in [2.45, 2.75) is 20.0 Å². The SMILES string of the molecule is COc1cc2c(cc1C)C(=O)/C(=C/c1cc(-c3ccc(CO)cc3F)n[nH]1)C2. The number of rotatable bonds is 4. The number of aryl methyl sites for hydroxylation is 1. The lowest BCUT2D eigenvalue weighted by molar-refractivity contribution is 0.104. The van der Waals surface area contributed by atoms with Crippen LogP contribution >= 0.6 is 0 Å². The molecule has 0 bridgehead atoms. The number of H-pyrrole nitrogens is 1. The number of carbonyl (C=O) groups excluding carboxylic acids is 1. The van der Waals surface area contributed by atoms with Crippen LogP contribution in [0.2, 0.25) is 0 Å². The third kappa shape index (κ3) is 3.12. The van der Waals surface area contributed by atoms with Crippen LogP contribution in [0.4, 0.5) is 4.39 Å². The first-order chi connectivity index (χ1) is 13.5. The molecule has 2 aromatic carbocycles. The van der Waals surface area contributed by atoms with E-state index in [1.54, 1.807) is 31.4 Å². The maximum absolute atomic E-state index is 14.2. The molecule has 0 aliphatic heterocycles. The maximum atomic E-state index is 14.2. The van der Waals surface area contributed by atoms with Gasteiger partial charge in [-0.3, -0.25) is 9.89 Å². The number of benzene rings is 2. The van der Waals surface area contributed by atoms with Crippen molar-refractivity contribution in [3.63, 3.8) is 0 Å². The van der Waals surface area contributed by atoms with Gasteiger partial charge in [0.05, 0.1) is 25.1 Å². The van der Waals surface area contributed by atoms with Crippen LogP contribution in [0.25, 0.3) is 17.3 Å². The summed E-state index contributed by atoms with van der Waals surface area (Å²) in [6, 6.07) is 9.98. The lowest BCUT2D eigenvalue weighted by Gasteiger charge is -2.06. The largest absolute Gasteiger partial charge is 0.496 e. The summed E-state index contributed by atoms with van der Waals surface area (Å²) in [6.45, 7) is 1.69. The molecule has 0 radical (unpaired) electrons. The van der Waals surface area contributed by atoms with Crippen LogP contribution in [-0.4, -0.2) is 28.2 Å². The van der Waals surface area contributed by atoms with Crippen LogP contribution in [0.15, 0.2) is 42.0 Å². The minimum atomic E-state index is -0.454. The third-order valence-corrected chi connectivity index (χ3v) is 4.96. The fraction of sp³-hybridized carbons (Fsp3) is 0.182. The Labute approximate surface area is 161 Å². The van der Waals surface area contributed by atoms with Crippen LogP contribution in [-0.2, 0) is 13.0 Å². The number of aliphatic hydroxyl groups is 1. The van der Waals surface area contributed by atoms with Crippen molar-refractivity contribution in [3.05, 3.63) is 75.7 Å². The number of nitrogens with zero attached hydrogens (tertiary/aromatic N) is 1. The van der Waals surface area contributed by atoms with E-state index < -0.39 is 5.82 Å². The number of aliphatic hydroxyl groups excluding tert-OH is 1. The first kappa shape index (κ1) is 18.1. The van der Waals surface area contributed by atoms with Gasteiger partial charge in [0.15, 0.2) is 5.78 Å². The van der Waals surface area contributed by atoms with Crippen LogP contribution in [0, 0.1) is 12.7 Å². The van der Waals surface area contributed by atoms with E-state index in [9.17, 15) is 9.18 Å². The van der Waals surface area contributed by atoms with Crippen molar-refractivity contribution >= 4 is 11.9 Å². The monoisotopic (exact) mass is 378 g/mol. The van der Waals surface area contributed by atoms with Gasteiger partial charge in [-0.05, 0) is 60.0 Å². The van der Waals surface area contributed by atoms with Gasteiger partial charge in [0, 0.05) is 23.1 Å². The van der Waals surface area contributed by atoms with Gasteiger partial charge in [-0.2, -0.15) is 5.10 Å². The van der Waals surface area contributed by atoms with Gasteiger partial charge >= 0.3 is 0 Å². The highest BCUT2D eigenvalue weighted by atomic mass is 19.1. The number of ketones is 1. The average Bonchev–Trinajstić information content (AvgIpc) is 3.26. The van der Waals surface area contributed by atoms with E-state index in [2.05, 4.69) is 10.2 Å². The van der Waals surface area contributed by atoms with Crippen LogP contribution in [0.1, 0.15) is 32.7 Å². The van der Waals surface area contributed by atoms with E-state index in [0.717, 1.165) is 16.9 Å². The zero-order chi connectivity index (χ0) is 19.8. The van der Waals surface area contributed by atoms with E-state index in [-0.39, 0.29) is 12.4 Å². The number of methoxy groups -OCH3 is 1.